The smallest absolute Gasteiger partial charge is 0.401 e. The molecule has 1 aliphatic carbocycles. The van der Waals surface area contributed by atoms with Gasteiger partial charge in [0, 0.05) is 6.54 Å². The molecule has 21 heavy (non-hydrogen) atoms. The van der Waals surface area contributed by atoms with Gasteiger partial charge in [0.05, 0.1) is 18.5 Å². The van der Waals surface area contributed by atoms with E-state index in [4.69, 9.17) is 0 Å². The zero-order valence-electron chi connectivity index (χ0n) is 11.9. The molecule has 0 saturated heterocycles. The van der Waals surface area contributed by atoms with Crippen LogP contribution in [0.4, 0.5) is 13.2 Å². The first-order valence-corrected chi connectivity index (χ1v) is 6.92. The molecule has 1 fully saturated rings. The van der Waals surface area contributed by atoms with E-state index < -0.39 is 36.6 Å². The number of alkyl halides is 3. The molecular weight excluding hydrogens is 289 g/mol. The van der Waals surface area contributed by atoms with E-state index in [1.807, 2.05) is 12.2 Å². The monoisotopic (exact) mass is 310 g/mol. The summed E-state index contributed by atoms with van der Waals surface area (Å²) in [5.41, 5.74) is -0.994. The number of nitrogens with one attached hydrogen (secondary N) is 2. The van der Waals surface area contributed by atoms with Crippen molar-refractivity contribution in [2.75, 3.05) is 19.6 Å². The van der Waals surface area contributed by atoms with Crippen LogP contribution in [0.1, 0.15) is 32.6 Å². The summed E-state index contributed by atoms with van der Waals surface area (Å²) in [4.78, 5) is 22.9. The van der Waals surface area contributed by atoms with Gasteiger partial charge in [0.1, 0.15) is 0 Å². The van der Waals surface area contributed by atoms with E-state index in [1.165, 1.54) is 0 Å². The van der Waals surface area contributed by atoms with Gasteiger partial charge in [-0.3, -0.25) is 9.59 Å². The van der Waals surface area contributed by atoms with Crippen LogP contribution in [0, 0.1) is 11.3 Å². The highest BCUT2D eigenvalue weighted by molar-refractivity contribution is 5.80. The Kier molecular flexibility index (Phi) is 6.00. The molecule has 0 heterocycles. The molecule has 0 atom stereocenters. The van der Waals surface area contributed by atoms with Gasteiger partial charge < -0.3 is 15.7 Å². The van der Waals surface area contributed by atoms with Crippen molar-refractivity contribution in [2.24, 2.45) is 11.3 Å². The Morgan fingerprint density at radius 2 is 1.86 bits per heavy atom. The summed E-state index contributed by atoms with van der Waals surface area (Å²) in [5.74, 6) is -1.13. The third-order valence-electron chi connectivity index (χ3n) is 3.92. The number of hydrogen-bond acceptors (Lipinski definition) is 3. The number of hydrogen-bond donors (Lipinski definition) is 3. The lowest BCUT2D eigenvalue weighted by molar-refractivity contribution is -0.151. The number of carboxylic acid groups (broad SMARTS) is 1. The van der Waals surface area contributed by atoms with Crippen molar-refractivity contribution in [1.29, 1.82) is 0 Å². The van der Waals surface area contributed by atoms with E-state index in [0.717, 1.165) is 12.8 Å². The lowest BCUT2D eigenvalue weighted by Crippen LogP contribution is -2.47. The summed E-state index contributed by atoms with van der Waals surface area (Å²) in [5, 5.41) is 13.8. The minimum atomic E-state index is -4.37. The van der Waals surface area contributed by atoms with Crippen molar-refractivity contribution < 1.29 is 27.9 Å². The number of carboxylic acids is 1. The molecule has 1 aliphatic rings. The number of halogens is 3. The first-order valence-electron chi connectivity index (χ1n) is 6.92. The van der Waals surface area contributed by atoms with Crippen molar-refractivity contribution in [3.63, 3.8) is 0 Å². The quantitative estimate of drug-likeness (QED) is 0.695. The van der Waals surface area contributed by atoms with Crippen LogP contribution in [0.25, 0.3) is 0 Å². The van der Waals surface area contributed by atoms with Crippen molar-refractivity contribution in [2.45, 2.75) is 38.8 Å². The lowest BCUT2D eigenvalue weighted by atomic mass is 9.71. The van der Waals surface area contributed by atoms with Crippen molar-refractivity contribution in [3.05, 3.63) is 0 Å². The standard InChI is InChI=1S/C13H21F3N2O3/c1-9-2-4-12(5-3-9,11(20)21)7-18-10(19)6-17-8-13(14,15)16/h9,17H,2-8H2,1H3,(H,18,19)(H,20,21). The summed E-state index contributed by atoms with van der Waals surface area (Å²) >= 11 is 0. The van der Waals surface area contributed by atoms with Gasteiger partial charge in [-0.05, 0) is 31.6 Å². The maximum absolute atomic E-state index is 11.9. The SMILES string of the molecule is CC1CCC(CNC(=O)CNCC(F)(F)F)(C(=O)O)CC1. The van der Waals surface area contributed by atoms with Crippen LogP contribution in [0.5, 0.6) is 0 Å². The van der Waals surface area contributed by atoms with Crippen molar-refractivity contribution in [3.8, 4) is 0 Å². The molecule has 122 valence electrons. The molecule has 0 unspecified atom stereocenters. The Hall–Kier alpha value is -1.31. The van der Waals surface area contributed by atoms with E-state index in [2.05, 4.69) is 5.32 Å². The van der Waals surface area contributed by atoms with E-state index >= 15 is 0 Å². The van der Waals surface area contributed by atoms with E-state index in [9.17, 15) is 27.9 Å². The summed E-state index contributed by atoms with van der Waals surface area (Å²) < 4.78 is 35.7. The van der Waals surface area contributed by atoms with Gasteiger partial charge in [-0.2, -0.15) is 13.2 Å². The Labute approximate surface area is 121 Å². The molecule has 8 heteroatoms. The number of carbonyl (C=O) groups excluding carboxylic acids is 1. The van der Waals surface area contributed by atoms with Gasteiger partial charge in [0.2, 0.25) is 5.91 Å². The Balaban J connectivity index is 2.40. The maximum atomic E-state index is 11.9. The Bertz CT molecular complexity index is 377. The van der Waals surface area contributed by atoms with Crippen molar-refractivity contribution >= 4 is 11.9 Å². The van der Waals surface area contributed by atoms with Gasteiger partial charge in [-0.1, -0.05) is 6.92 Å². The third kappa shape index (κ3) is 5.91. The highest BCUT2D eigenvalue weighted by atomic mass is 19.4. The zero-order valence-corrected chi connectivity index (χ0v) is 11.9. The summed E-state index contributed by atoms with van der Waals surface area (Å²) in [6.45, 7) is 0.278. The van der Waals surface area contributed by atoms with Crippen molar-refractivity contribution in [1.82, 2.24) is 10.6 Å². The van der Waals surface area contributed by atoms with E-state index in [-0.39, 0.29) is 6.54 Å². The molecule has 0 aromatic rings. The molecule has 0 aromatic carbocycles. The molecular formula is C13H21F3N2O3. The minimum absolute atomic E-state index is 0.0401. The van der Waals surface area contributed by atoms with Gasteiger partial charge >= 0.3 is 12.1 Å². The van der Waals surface area contributed by atoms with E-state index in [0.29, 0.717) is 18.8 Å². The Morgan fingerprint density at radius 1 is 1.29 bits per heavy atom. The van der Waals surface area contributed by atoms with Gasteiger partial charge in [-0.25, -0.2) is 0 Å². The van der Waals surface area contributed by atoms with Gasteiger partial charge in [0.15, 0.2) is 0 Å². The second kappa shape index (κ2) is 7.11. The zero-order chi connectivity index (χ0) is 16.1. The fourth-order valence-electron chi connectivity index (χ4n) is 2.43. The molecule has 1 rings (SSSR count). The maximum Gasteiger partial charge on any atom is 0.401 e. The highest BCUT2D eigenvalue weighted by Gasteiger charge is 2.41. The molecule has 0 aromatic heterocycles. The topological polar surface area (TPSA) is 78.4 Å². The van der Waals surface area contributed by atoms with Gasteiger partial charge in [0.25, 0.3) is 0 Å². The second-order valence-corrected chi connectivity index (χ2v) is 5.76. The highest BCUT2D eigenvalue weighted by Crippen LogP contribution is 2.38. The Morgan fingerprint density at radius 3 is 2.33 bits per heavy atom. The molecule has 3 N–H and O–H groups in total. The van der Waals surface area contributed by atoms with E-state index in [1.54, 1.807) is 0 Å². The predicted octanol–water partition coefficient (Wildman–Crippen LogP) is 1.54. The van der Waals surface area contributed by atoms with Crippen LogP contribution in [0.3, 0.4) is 0 Å². The second-order valence-electron chi connectivity index (χ2n) is 5.76. The van der Waals surface area contributed by atoms with Crippen LogP contribution in [0.15, 0.2) is 0 Å². The first-order chi connectivity index (χ1) is 9.65. The largest absolute Gasteiger partial charge is 0.481 e. The van der Waals surface area contributed by atoms with Crippen LogP contribution in [0.2, 0.25) is 0 Å². The average molecular weight is 310 g/mol. The average Bonchev–Trinajstić information content (AvgIpc) is 2.36. The fourth-order valence-corrected chi connectivity index (χ4v) is 2.43. The summed E-state index contributed by atoms with van der Waals surface area (Å²) in [6.07, 6.45) is -1.88. The van der Waals surface area contributed by atoms with Crippen LogP contribution < -0.4 is 10.6 Å². The lowest BCUT2D eigenvalue weighted by Gasteiger charge is -2.35. The molecule has 0 spiro atoms. The summed E-state index contributed by atoms with van der Waals surface area (Å²) in [6, 6.07) is 0. The number of carbonyl (C=O) groups is 2. The fraction of sp³-hybridized carbons (Fsp3) is 0.846. The third-order valence-corrected chi connectivity index (χ3v) is 3.92. The molecule has 0 radical (unpaired) electrons. The van der Waals surface area contributed by atoms with Crippen LogP contribution >= 0.6 is 0 Å². The minimum Gasteiger partial charge on any atom is -0.481 e. The molecule has 0 aliphatic heterocycles. The van der Waals surface area contributed by atoms with Crippen LogP contribution in [-0.4, -0.2) is 42.8 Å². The number of rotatable bonds is 6. The van der Waals surface area contributed by atoms with Gasteiger partial charge in [-0.15, -0.1) is 0 Å². The number of amides is 1. The molecule has 0 bridgehead atoms. The molecule has 1 saturated carbocycles. The summed E-state index contributed by atoms with van der Waals surface area (Å²) in [7, 11) is 0. The first kappa shape index (κ1) is 17.7. The molecule has 5 nitrogen and oxygen atoms in total. The number of aliphatic carboxylic acids is 1. The molecule has 1 amide bonds. The normalized spacial score (nSPS) is 26.4. The predicted molar refractivity (Wildman–Crippen MR) is 69.6 cm³/mol. The van der Waals surface area contributed by atoms with Crippen LogP contribution in [-0.2, 0) is 9.59 Å².